The SMILES string of the molecule is CC(=O)NCCCC(=O)[O-].CC[C@@]12C=C(C(=O)OC)n3c4c(c5ccccc53)CCN(CCC1)[C@H]42. The zero-order valence-corrected chi connectivity index (χ0v) is 20.8. The largest absolute Gasteiger partial charge is 0.550 e. The molecule has 5 rings (SSSR count). The van der Waals surface area contributed by atoms with Crippen LogP contribution in [0.15, 0.2) is 30.3 Å². The van der Waals surface area contributed by atoms with Crippen molar-refractivity contribution < 1.29 is 24.2 Å². The van der Waals surface area contributed by atoms with Gasteiger partial charge < -0.3 is 24.5 Å². The lowest BCUT2D eigenvalue weighted by Crippen LogP contribution is -2.51. The number of nitrogens with one attached hydrogen (secondary N) is 1. The Hall–Kier alpha value is -3.13. The van der Waals surface area contributed by atoms with Crippen molar-refractivity contribution in [1.29, 1.82) is 0 Å². The van der Waals surface area contributed by atoms with Gasteiger partial charge in [0.05, 0.1) is 18.7 Å². The number of aliphatic carboxylic acids is 1. The molecule has 0 radical (unpaired) electrons. The number of carbonyl (C=O) groups is 3. The summed E-state index contributed by atoms with van der Waals surface area (Å²) in [4.78, 5) is 35.4. The third-order valence-electron chi connectivity index (χ3n) is 7.57. The number of benzene rings is 1. The number of hydrogen-bond acceptors (Lipinski definition) is 6. The molecule has 2 atom stereocenters. The van der Waals surface area contributed by atoms with E-state index in [-0.39, 0.29) is 23.7 Å². The first-order valence-electron chi connectivity index (χ1n) is 12.4. The summed E-state index contributed by atoms with van der Waals surface area (Å²) in [6, 6.07) is 8.89. The molecule has 2 aromatic rings. The number of para-hydroxylation sites is 1. The highest BCUT2D eigenvalue weighted by molar-refractivity contribution is 6.13. The van der Waals surface area contributed by atoms with Crippen LogP contribution >= 0.6 is 0 Å². The number of nitrogens with zero attached hydrogens (tertiary/aromatic N) is 2. The summed E-state index contributed by atoms with van der Waals surface area (Å²) in [7, 11) is 1.49. The molecule has 8 nitrogen and oxygen atoms in total. The molecule has 1 amide bonds. The molecule has 1 N–H and O–H groups in total. The second-order valence-corrected chi connectivity index (χ2v) is 9.57. The third-order valence-corrected chi connectivity index (χ3v) is 7.57. The normalized spacial score (nSPS) is 22.4. The van der Waals surface area contributed by atoms with Gasteiger partial charge in [-0.1, -0.05) is 25.1 Å². The lowest BCUT2D eigenvalue weighted by molar-refractivity contribution is -0.305. The van der Waals surface area contributed by atoms with Crippen molar-refractivity contribution in [2.24, 2.45) is 5.41 Å². The molecule has 1 aromatic heterocycles. The van der Waals surface area contributed by atoms with E-state index in [1.165, 1.54) is 37.1 Å². The number of carboxylic acids is 1. The summed E-state index contributed by atoms with van der Waals surface area (Å²) in [5.74, 6) is -1.44. The molecule has 0 bridgehead atoms. The van der Waals surface area contributed by atoms with Crippen molar-refractivity contribution >= 4 is 34.4 Å². The first kappa shape index (κ1) is 25.0. The average molecular weight is 481 g/mol. The molecule has 1 saturated heterocycles. The third kappa shape index (κ3) is 4.59. The van der Waals surface area contributed by atoms with Crippen LogP contribution in [-0.4, -0.2) is 54.1 Å². The molecule has 188 valence electrons. The van der Waals surface area contributed by atoms with Gasteiger partial charge in [0, 0.05) is 42.5 Å². The van der Waals surface area contributed by atoms with Gasteiger partial charge in [-0.05, 0) is 62.8 Å². The Bertz CT molecular complexity index is 1150. The number of methoxy groups -OCH3 is 1. The van der Waals surface area contributed by atoms with E-state index in [0.29, 0.717) is 24.7 Å². The van der Waals surface area contributed by atoms with Crippen molar-refractivity contribution in [3.63, 3.8) is 0 Å². The molecule has 3 aliphatic heterocycles. The number of carboxylic acid groups (broad SMARTS) is 1. The van der Waals surface area contributed by atoms with Gasteiger partial charge in [-0.3, -0.25) is 9.69 Å². The van der Waals surface area contributed by atoms with Crippen molar-refractivity contribution in [2.75, 3.05) is 26.7 Å². The van der Waals surface area contributed by atoms with E-state index in [4.69, 9.17) is 4.74 Å². The van der Waals surface area contributed by atoms with Gasteiger partial charge in [0.15, 0.2) is 0 Å². The van der Waals surface area contributed by atoms with E-state index < -0.39 is 5.97 Å². The Kier molecular flexibility index (Phi) is 7.31. The lowest BCUT2D eigenvalue weighted by atomic mass is 9.66. The van der Waals surface area contributed by atoms with Crippen LogP contribution in [0, 0.1) is 5.41 Å². The predicted octanol–water partition coefficient (Wildman–Crippen LogP) is 2.41. The Labute approximate surface area is 205 Å². The molecule has 0 unspecified atom stereocenters. The number of esters is 1. The highest BCUT2D eigenvalue weighted by Gasteiger charge is 2.51. The predicted molar refractivity (Wildman–Crippen MR) is 131 cm³/mol. The van der Waals surface area contributed by atoms with Crippen molar-refractivity contribution in [1.82, 2.24) is 14.8 Å². The summed E-state index contributed by atoms with van der Waals surface area (Å²) in [6.07, 6.45) is 7.13. The van der Waals surface area contributed by atoms with Crippen LogP contribution in [0.2, 0.25) is 0 Å². The van der Waals surface area contributed by atoms with Crippen LogP contribution in [0.3, 0.4) is 0 Å². The molecule has 4 heterocycles. The maximum atomic E-state index is 12.7. The molecular weight excluding hydrogens is 446 g/mol. The molecule has 1 aromatic carbocycles. The number of ether oxygens (including phenoxy) is 1. The highest BCUT2D eigenvalue weighted by Crippen LogP contribution is 2.57. The van der Waals surface area contributed by atoms with Crippen molar-refractivity contribution in [2.45, 2.75) is 58.4 Å². The topological polar surface area (TPSA) is 104 Å². The summed E-state index contributed by atoms with van der Waals surface area (Å²) in [6.45, 7) is 6.34. The maximum Gasteiger partial charge on any atom is 0.354 e. The van der Waals surface area contributed by atoms with Gasteiger partial charge in [0.25, 0.3) is 0 Å². The summed E-state index contributed by atoms with van der Waals surface area (Å²) in [5.41, 5.74) is 4.67. The number of carbonyl (C=O) groups excluding carboxylic acids is 3. The fourth-order valence-corrected chi connectivity index (χ4v) is 6.03. The fourth-order valence-electron chi connectivity index (χ4n) is 6.03. The van der Waals surface area contributed by atoms with Crippen LogP contribution in [0.4, 0.5) is 0 Å². The van der Waals surface area contributed by atoms with Crippen LogP contribution in [-0.2, 0) is 25.5 Å². The monoisotopic (exact) mass is 480 g/mol. The minimum atomic E-state index is -1.08. The van der Waals surface area contributed by atoms with E-state index in [0.717, 1.165) is 37.9 Å². The Morgan fingerprint density at radius 2 is 2.00 bits per heavy atom. The van der Waals surface area contributed by atoms with Gasteiger partial charge in [-0.2, -0.15) is 0 Å². The Balaban J connectivity index is 0.000000248. The van der Waals surface area contributed by atoms with E-state index in [1.807, 2.05) is 0 Å². The maximum absolute atomic E-state index is 12.7. The average Bonchev–Trinajstić information content (AvgIpc) is 3.20. The second kappa shape index (κ2) is 10.2. The highest BCUT2D eigenvalue weighted by atomic mass is 16.5. The summed E-state index contributed by atoms with van der Waals surface area (Å²) >= 11 is 0. The Morgan fingerprint density at radius 1 is 1.23 bits per heavy atom. The van der Waals surface area contributed by atoms with E-state index >= 15 is 0 Å². The molecule has 8 heteroatoms. The number of fused-ring (bicyclic) bond motifs is 3. The molecule has 0 aliphatic carbocycles. The minimum Gasteiger partial charge on any atom is -0.550 e. The minimum absolute atomic E-state index is 0.000278. The zero-order chi connectivity index (χ0) is 25.2. The van der Waals surface area contributed by atoms with Gasteiger partial charge in [0.1, 0.15) is 5.70 Å². The standard InChI is InChI=1S/C21H24N2O2.C6H11NO3/c1-3-21-10-6-11-22-12-9-15-14-7-4-5-8-16(14)23(18(15)19(21)22)17(13-21)20(24)25-2;1-5(8)7-4-2-3-6(9)10/h4-5,7-8,13,19H,3,6,9-12H2,1-2H3;2-4H2,1H3,(H,7,8)(H,9,10)/p-1/t19-,21+;/m1./s1. The number of hydrogen-bond donors (Lipinski definition) is 1. The zero-order valence-electron chi connectivity index (χ0n) is 20.8. The van der Waals surface area contributed by atoms with E-state index in [1.54, 1.807) is 0 Å². The van der Waals surface area contributed by atoms with Crippen molar-refractivity contribution in [3.05, 3.63) is 41.6 Å². The van der Waals surface area contributed by atoms with Crippen molar-refractivity contribution in [3.8, 4) is 0 Å². The van der Waals surface area contributed by atoms with Gasteiger partial charge in [-0.15, -0.1) is 0 Å². The van der Waals surface area contributed by atoms with Gasteiger partial charge in [-0.25, -0.2) is 4.79 Å². The number of aromatic nitrogens is 1. The molecule has 0 spiro atoms. The van der Waals surface area contributed by atoms with Gasteiger partial charge in [0.2, 0.25) is 5.91 Å². The number of rotatable bonds is 6. The summed E-state index contributed by atoms with van der Waals surface area (Å²) < 4.78 is 7.38. The molecule has 35 heavy (non-hydrogen) atoms. The molecule has 3 aliphatic rings. The molecule has 0 saturated carbocycles. The fraction of sp³-hybridized carbons (Fsp3) is 0.519. The lowest BCUT2D eigenvalue weighted by Gasteiger charge is -2.53. The molecular formula is C27H34N3O5-. The second-order valence-electron chi connectivity index (χ2n) is 9.57. The summed E-state index contributed by atoms with van der Waals surface area (Å²) in [5, 5.41) is 13.6. The van der Waals surface area contributed by atoms with E-state index in [9.17, 15) is 19.5 Å². The molecule has 1 fully saturated rings. The van der Waals surface area contributed by atoms with Gasteiger partial charge >= 0.3 is 5.97 Å². The Morgan fingerprint density at radius 3 is 2.69 bits per heavy atom. The van der Waals surface area contributed by atoms with E-state index in [2.05, 4.69) is 52.0 Å². The number of amides is 1. The van der Waals surface area contributed by atoms with Crippen LogP contribution < -0.4 is 10.4 Å². The quantitative estimate of drug-likeness (QED) is 0.503. The number of piperidine rings is 1. The smallest absolute Gasteiger partial charge is 0.354 e. The van der Waals surface area contributed by atoms with Crippen LogP contribution in [0.5, 0.6) is 0 Å². The first-order chi connectivity index (χ1) is 16.8. The van der Waals surface area contributed by atoms with Crippen LogP contribution in [0.25, 0.3) is 16.6 Å². The first-order valence-corrected chi connectivity index (χ1v) is 12.4. The van der Waals surface area contributed by atoms with Crippen LogP contribution in [0.1, 0.15) is 63.3 Å².